The molecule has 0 aliphatic rings. The minimum absolute atomic E-state index is 0.687. The number of halogens is 2. The van der Waals surface area contributed by atoms with E-state index in [2.05, 4.69) is 4.98 Å². The summed E-state index contributed by atoms with van der Waals surface area (Å²) in [7, 11) is 0. The van der Waals surface area contributed by atoms with E-state index in [4.69, 9.17) is 35.4 Å². The first kappa shape index (κ1) is 12.7. The van der Waals surface area contributed by atoms with Gasteiger partial charge in [-0.2, -0.15) is 0 Å². The van der Waals surface area contributed by atoms with Gasteiger partial charge in [0.25, 0.3) is 0 Å². The van der Waals surface area contributed by atoms with Gasteiger partial charge >= 0.3 is 0 Å². The maximum absolute atomic E-state index is 5.98. The Labute approximate surface area is 125 Å². The van der Waals surface area contributed by atoms with Gasteiger partial charge in [0, 0.05) is 10.0 Å². The molecule has 0 radical (unpaired) electrons. The number of rotatable bonds is 2. The third-order valence-electron chi connectivity index (χ3n) is 2.99. The van der Waals surface area contributed by atoms with Crippen molar-refractivity contribution in [3.05, 3.63) is 62.8 Å². The minimum Gasteiger partial charge on any atom is -0.331 e. The molecule has 0 bridgehead atoms. The van der Waals surface area contributed by atoms with Gasteiger partial charge in [0.2, 0.25) is 0 Å². The molecule has 3 aromatic rings. The summed E-state index contributed by atoms with van der Waals surface area (Å²) in [6.07, 6.45) is 0. The number of benzene rings is 2. The highest BCUT2D eigenvalue weighted by molar-refractivity contribution is 7.71. The number of H-pyrrole nitrogens is 1. The molecule has 1 heterocycles. The van der Waals surface area contributed by atoms with Gasteiger partial charge in [-0.1, -0.05) is 35.3 Å². The van der Waals surface area contributed by atoms with Gasteiger partial charge in [0.1, 0.15) is 0 Å². The van der Waals surface area contributed by atoms with Gasteiger partial charge in [-0.3, -0.25) is 0 Å². The summed E-state index contributed by atoms with van der Waals surface area (Å²) in [5.74, 6) is 0. The van der Waals surface area contributed by atoms with E-state index >= 15 is 0 Å². The highest BCUT2D eigenvalue weighted by atomic mass is 35.5. The van der Waals surface area contributed by atoms with Crippen LogP contribution in [0.3, 0.4) is 0 Å². The molecule has 2 aromatic carbocycles. The lowest BCUT2D eigenvalue weighted by molar-refractivity contribution is 0.810. The first-order chi connectivity index (χ1) is 9.13. The van der Waals surface area contributed by atoms with Gasteiger partial charge in [-0.25, -0.2) is 0 Å². The molecule has 0 aliphatic heterocycles. The SMILES string of the molecule is S=c1[nH]c2cc(Cl)ccc2n1Cc1ccc(Cl)cc1. The van der Waals surface area contributed by atoms with Crippen LogP contribution < -0.4 is 0 Å². The Morgan fingerprint density at radius 1 is 1.00 bits per heavy atom. The lowest BCUT2D eigenvalue weighted by Crippen LogP contribution is -1.99. The number of nitrogens with zero attached hydrogens (tertiary/aromatic N) is 1. The first-order valence-corrected chi connectivity index (χ1v) is 6.92. The molecule has 0 atom stereocenters. The van der Waals surface area contributed by atoms with E-state index < -0.39 is 0 Å². The maximum Gasteiger partial charge on any atom is 0.178 e. The number of hydrogen-bond acceptors (Lipinski definition) is 1. The van der Waals surface area contributed by atoms with Crippen molar-refractivity contribution in [3.63, 3.8) is 0 Å². The summed E-state index contributed by atoms with van der Waals surface area (Å²) in [5, 5.41) is 1.43. The highest BCUT2D eigenvalue weighted by Crippen LogP contribution is 2.20. The molecule has 0 saturated carbocycles. The number of nitrogens with one attached hydrogen (secondary N) is 1. The van der Waals surface area contributed by atoms with E-state index in [1.54, 1.807) is 0 Å². The van der Waals surface area contributed by atoms with Crippen LogP contribution in [0.15, 0.2) is 42.5 Å². The van der Waals surface area contributed by atoms with Gasteiger partial charge in [-0.05, 0) is 48.1 Å². The molecule has 0 saturated heterocycles. The second-order valence-corrected chi connectivity index (χ2v) is 5.56. The maximum atomic E-state index is 5.98. The number of imidazole rings is 1. The summed E-state index contributed by atoms with van der Waals surface area (Å²) in [4.78, 5) is 3.17. The minimum atomic E-state index is 0.687. The van der Waals surface area contributed by atoms with Crippen LogP contribution in [-0.4, -0.2) is 9.55 Å². The Morgan fingerprint density at radius 3 is 2.42 bits per heavy atom. The zero-order valence-corrected chi connectivity index (χ0v) is 12.2. The summed E-state index contributed by atoms with van der Waals surface area (Å²) >= 11 is 17.2. The summed E-state index contributed by atoms with van der Waals surface area (Å²) in [5.41, 5.74) is 3.15. The van der Waals surface area contributed by atoms with Crippen LogP contribution in [0.4, 0.5) is 0 Å². The molecule has 0 spiro atoms. The summed E-state index contributed by atoms with van der Waals surface area (Å²) < 4.78 is 2.73. The number of fused-ring (bicyclic) bond motifs is 1. The van der Waals surface area contributed by atoms with Crippen molar-refractivity contribution in [2.45, 2.75) is 6.54 Å². The average Bonchev–Trinajstić information content (AvgIpc) is 2.68. The van der Waals surface area contributed by atoms with E-state index in [9.17, 15) is 0 Å². The topological polar surface area (TPSA) is 20.7 Å². The van der Waals surface area contributed by atoms with E-state index in [-0.39, 0.29) is 0 Å². The Morgan fingerprint density at radius 2 is 1.68 bits per heavy atom. The fraction of sp³-hybridized carbons (Fsp3) is 0.0714. The van der Waals surface area contributed by atoms with E-state index in [1.807, 2.05) is 47.0 Å². The van der Waals surface area contributed by atoms with Crippen molar-refractivity contribution in [2.75, 3.05) is 0 Å². The van der Waals surface area contributed by atoms with Gasteiger partial charge < -0.3 is 9.55 Å². The zero-order valence-electron chi connectivity index (χ0n) is 9.86. The predicted molar refractivity (Wildman–Crippen MR) is 82.7 cm³/mol. The Hall–Kier alpha value is -1.29. The van der Waals surface area contributed by atoms with Crippen LogP contribution in [-0.2, 0) is 6.54 Å². The van der Waals surface area contributed by atoms with Crippen LogP contribution in [0.1, 0.15) is 5.56 Å². The molecular formula is C14H10Cl2N2S. The Bertz CT molecular complexity index is 787. The molecule has 0 unspecified atom stereocenters. The third kappa shape index (κ3) is 2.54. The van der Waals surface area contributed by atoms with E-state index in [0.29, 0.717) is 16.3 Å². The molecule has 1 aromatic heterocycles. The molecular weight excluding hydrogens is 299 g/mol. The first-order valence-electron chi connectivity index (χ1n) is 5.76. The molecule has 3 rings (SSSR count). The lowest BCUT2D eigenvalue weighted by atomic mass is 10.2. The van der Waals surface area contributed by atoms with Gasteiger partial charge in [0.15, 0.2) is 4.77 Å². The summed E-state index contributed by atoms with van der Waals surface area (Å²) in [6, 6.07) is 13.5. The normalized spacial score (nSPS) is 11.1. The molecule has 1 N–H and O–H groups in total. The number of aromatic nitrogens is 2. The van der Waals surface area contributed by atoms with Crippen molar-refractivity contribution in [3.8, 4) is 0 Å². The smallest absolute Gasteiger partial charge is 0.178 e. The molecule has 2 nitrogen and oxygen atoms in total. The van der Waals surface area contributed by atoms with Crippen LogP contribution >= 0.6 is 35.4 Å². The monoisotopic (exact) mass is 308 g/mol. The predicted octanol–water partition coefficient (Wildman–Crippen LogP) is 5.05. The highest BCUT2D eigenvalue weighted by Gasteiger charge is 2.05. The second kappa shape index (κ2) is 5.00. The van der Waals surface area contributed by atoms with Crippen LogP contribution in [0.5, 0.6) is 0 Å². The molecule has 19 heavy (non-hydrogen) atoms. The van der Waals surface area contributed by atoms with Crippen LogP contribution in [0.25, 0.3) is 11.0 Å². The zero-order chi connectivity index (χ0) is 13.4. The molecule has 0 fully saturated rings. The number of hydrogen-bond donors (Lipinski definition) is 1. The molecule has 0 aliphatic carbocycles. The van der Waals surface area contributed by atoms with Crippen molar-refractivity contribution in [1.82, 2.24) is 9.55 Å². The Balaban J connectivity index is 2.07. The molecule has 96 valence electrons. The van der Waals surface area contributed by atoms with Crippen molar-refractivity contribution >= 4 is 46.5 Å². The summed E-state index contributed by atoms with van der Waals surface area (Å²) in [6.45, 7) is 0.706. The fourth-order valence-electron chi connectivity index (χ4n) is 2.07. The number of aromatic amines is 1. The van der Waals surface area contributed by atoms with Gasteiger partial charge in [0.05, 0.1) is 17.6 Å². The average molecular weight is 309 g/mol. The van der Waals surface area contributed by atoms with Crippen molar-refractivity contribution in [1.29, 1.82) is 0 Å². The standard InChI is InChI=1S/C14H10Cl2N2S/c15-10-3-1-9(2-4-10)8-18-13-6-5-11(16)7-12(13)17-14(18)19/h1-7H,8H2,(H,17,19). The van der Waals surface area contributed by atoms with Crippen molar-refractivity contribution < 1.29 is 0 Å². The van der Waals surface area contributed by atoms with E-state index in [0.717, 1.165) is 21.6 Å². The van der Waals surface area contributed by atoms with Gasteiger partial charge in [-0.15, -0.1) is 0 Å². The van der Waals surface area contributed by atoms with Crippen molar-refractivity contribution in [2.24, 2.45) is 0 Å². The quantitative estimate of drug-likeness (QED) is 0.657. The molecule has 0 amide bonds. The second-order valence-electron chi connectivity index (χ2n) is 4.30. The fourth-order valence-corrected chi connectivity index (χ4v) is 2.64. The van der Waals surface area contributed by atoms with Crippen LogP contribution in [0, 0.1) is 4.77 Å². The Kier molecular flexibility index (Phi) is 3.35. The van der Waals surface area contributed by atoms with E-state index in [1.165, 1.54) is 0 Å². The third-order valence-corrected chi connectivity index (χ3v) is 3.80. The largest absolute Gasteiger partial charge is 0.331 e. The lowest BCUT2D eigenvalue weighted by Gasteiger charge is -2.05. The molecule has 5 heteroatoms. The van der Waals surface area contributed by atoms with Crippen LogP contribution in [0.2, 0.25) is 10.0 Å².